The molecule has 0 amide bonds. The molecule has 2 atom stereocenters. The van der Waals surface area contributed by atoms with Crippen LogP contribution in [-0.2, 0) is 7.05 Å². The largest absolute Gasteiger partial charge is 0.315 e. The van der Waals surface area contributed by atoms with E-state index < -0.39 is 0 Å². The summed E-state index contributed by atoms with van der Waals surface area (Å²) in [5.74, 6) is 0.572. The van der Waals surface area contributed by atoms with Crippen LogP contribution in [0.4, 0.5) is 0 Å². The van der Waals surface area contributed by atoms with E-state index in [1.54, 1.807) is 0 Å². The van der Waals surface area contributed by atoms with Crippen LogP contribution in [0.1, 0.15) is 37.6 Å². The van der Waals surface area contributed by atoms with Crippen molar-refractivity contribution in [1.82, 2.24) is 15.1 Å². The lowest BCUT2D eigenvalue weighted by atomic mass is 9.76. The number of nitrogens with one attached hydrogen (secondary N) is 1. The maximum atomic E-state index is 4.61. The molecule has 0 bridgehead atoms. The van der Waals surface area contributed by atoms with Gasteiger partial charge < -0.3 is 5.32 Å². The molecule has 0 radical (unpaired) electrons. The first-order chi connectivity index (χ1) is 7.07. The van der Waals surface area contributed by atoms with Crippen molar-refractivity contribution in [2.45, 2.75) is 33.1 Å². The third-order valence-electron chi connectivity index (χ3n) is 4.02. The van der Waals surface area contributed by atoms with Crippen molar-refractivity contribution < 1.29 is 0 Å². The fourth-order valence-corrected chi connectivity index (χ4v) is 2.46. The van der Waals surface area contributed by atoms with Gasteiger partial charge >= 0.3 is 0 Å². The lowest BCUT2D eigenvalue weighted by Gasteiger charge is -2.27. The SMILES string of the molecule is CC[C@]1(C)CNC[C@@H]1c1cc(C)n(C)n1. The molecule has 1 aliphatic rings. The van der Waals surface area contributed by atoms with E-state index >= 15 is 0 Å². The molecule has 2 heterocycles. The number of nitrogens with zero attached hydrogens (tertiary/aromatic N) is 2. The van der Waals surface area contributed by atoms with E-state index in [1.807, 2.05) is 11.7 Å². The Labute approximate surface area is 91.9 Å². The van der Waals surface area contributed by atoms with E-state index in [2.05, 4.69) is 37.3 Å². The number of aryl methyl sites for hydroxylation is 2. The second-order valence-corrected chi connectivity index (χ2v) is 5.03. The summed E-state index contributed by atoms with van der Waals surface area (Å²) in [6.45, 7) is 8.93. The van der Waals surface area contributed by atoms with E-state index in [4.69, 9.17) is 0 Å². The predicted octanol–water partition coefficient (Wildman–Crippen LogP) is 1.83. The molecule has 3 nitrogen and oxygen atoms in total. The predicted molar refractivity (Wildman–Crippen MR) is 62.0 cm³/mol. The second-order valence-electron chi connectivity index (χ2n) is 5.03. The van der Waals surface area contributed by atoms with Gasteiger partial charge in [-0.3, -0.25) is 4.68 Å². The molecular weight excluding hydrogens is 186 g/mol. The minimum absolute atomic E-state index is 0.376. The molecule has 0 saturated carbocycles. The van der Waals surface area contributed by atoms with Crippen LogP contribution in [0, 0.1) is 12.3 Å². The van der Waals surface area contributed by atoms with Gasteiger partial charge in [-0.15, -0.1) is 0 Å². The normalized spacial score (nSPS) is 31.1. The Morgan fingerprint density at radius 1 is 1.67 bits per heavy atom. The second kappa shape index (κ2) is 3.63. The van der Waals surface area contributed by atoms with Crippen LogP contribution in [0.15, 0.2) is 6.07 Å². The van der Waals surface area contributed by atoms with Crippen molar-refractivity contribution in [3.63, 3.8) is 0 Å². The summed E-state index contributed by atoms with van der Waals surface area (Å²) < 4.78 is 1.98. The van der Waals surface area contributed by atoms with Gasteiger partial charge in [-0.2, -0.15) is 5.10 Å². The van der Waals surface area contributed by atoms with E-state index in [0.717, 1.165) is 13.1 Å². The van der Waals surface area contributed by atoms with Gasteiger partial charge in [0.05, 0.1) is 5.69 Å². The smallest absolute Gasteiger partial charge is 0.0676 e. The molecule has 1 aromatic rings. The molecule has 1 aliphatic heterocycles. The molecule has 84 valence electrons. The molecule has 0 aliphatic carbocycles. The van der Waals surface area contributed by atoms with Gasteiger partial charge in [0, 0.05) is 31.7 Å². The van der Waals surface area contributed by atoms with Gasteiger partial charge in [-0.25, -0.2) is 0 Å². The van der Waals surface area contributed by atoms with Gasteiger partial charge in [-0.05, 0) is 24.8 Å². The summed E-state index contributed by atoms with van der Waals surface area (Å²) in [4.78, 5) is 0. The Bertz CT molecular complexity index is 336. The van der Waals surface area contributed by atoms with Crippen molar-refractivity contribution in [1.29, 1.82) is 0 Å². The Hall–Kier alpha value is -0.830. The van der Waals surface area contributed by atoms with E-state index in [0.29, 0.717) is 11.3 Å². The zero-order valence-electron chi connectivity index (χ0n) is 10.2. The Morgan fingerprint density at radius 3 is 2.93 bits per heavy atom. The number of hydrogen-bond donors (Lipinski definition) is 1. The van der Waals surface area contributed by atoms with Gasteiger partial charge in [0.2, 0.25) is 0 Å². The van der Waals surface area contributed by atoms with E-state index in [-0.39, 0.29) is 0 Å². The van der Waals surface area contributed by atoms with Crippen LogP contribution < -0.4 is 5.32 Å². The average molecular weight is 207 g/mol. The summed E-state index contributed by atoms with van der Waals surface area (Å²) in [6.07, 6.45) is 1.21. The van der Waals surface area contributed by atoms with Gasteiger partial charge in [0.25, 0.3) is 0 Å². The Kier molecular flexibility index (Phi) is 2.59. The van der Waals surface area contributed by atoms with Crippen LogP contribution in [-0.4, -0.2) is 22.9 Å². The molecule has 2 rings (SSSR count). The molecule has 1 saturated heterocycles. The molecule has 0 unspecified atom stereocenters. The van der Waals surface area contributed by atoms with E-state index in [1.165, 1.54) is 17.8 Å². The number of hydrogen-bond acceptors (Lipinski definition) is 2. The van der Waals surface area contributed by atoms with Crippen LogP contribution in [0.25, 0.3) is 0 Å². The first-order valence-electron chi connectivity index (χ1n) is 5.78. The average Bonchev–Trinajstić information content (AvgIpc) is 2.73. The molecule has 15 heavy (non-hydrogen) atoms. The van der Waals surface area contributed by atoms with Crippen LogP contribution >= 0.6 is 0 Å². The summed E-state index contributed by atoms with van der Waals surface area (Å²) in [7, 11) is 2.02. The van der Waals surface area contributed by atoms with Crippen LogP contribution in [0.2, 0.25) is 0 Å². The highest BCUT2D eigenvalue weighted by atomic mass is 15.3. The first kappa shape index (κ1) is 10.7. The van der Waals surface area contributed by atoms with Gasteiger partial charge in [0.15, 0.2) is 0 Å². The van der Waals surface area contributed by atoms with Crippen LogP contribution in [0.5, 0.6) is 0 Å². The summed E-state index contributed by atoms with van der Waals surface area (Å²) >= 11 is 0. The van der Waals surface area contributed by atoms with Gasteiger partial charge in [-0.1, -0.05) is 13.8 Å². The molecule has 0 aromatic carbocycles. The summed E-state index contributed by atoms with van der Waals surface area (Å²) in [6, 6.07) is 2.23. The van der Waals surface area contributed by atoms with Crippen molar-refractivity contribution in [3.05, 3.63) is 17.5 Å². The quantitative estimate of drug-likeness (QED) is 0.802. The molecular formula is C12H21N3. The molecule has 0 spiro atoms. The van der Waals surface area contributed by atoms with Gasteiger partial charge in [0.1, 0.15) is 0 Å². The lowest BCUT2D eigenvalue weighted by molar-refractivity contribution is 0.303. The maximum absolute atomic E-state index is 4.61. The third kappa shape index (κ3) is 1.69. The standard InChI is InChI=1S/C12H21N3/c1-5-12(3)8-13-7-10(12)11-6-9(2)15(4)14-11/h6,10,13H,5,7-8H2,1-4H3/t10-,12-/m1/s1. The first-order valence-corrected chi connectivity index (χ1v) is 5.78. The Morgan fingerprint density at radius 2 is 2.40 bits per heavy atom. The van der Waals surface area contributed by atoms with Crippen LogP contribution in [0.3, 0.4) is 0 Å². The summed E-state index contributed by atoms with van der Waals surface area (Å²) in [5, 5.41) is 8.10. The fourth-order valence-electron chi connectivity index (χ4n) is 2.46. The third-order valence-corrected chi connectivity index (χ3v) is 4.02. The molecule has 1 aromatic heterocycles. The highest BCUT2D eigenvalue weighted by Crippen LogP contribution is 2.40. The summed E-state index contributed by atoms with van der Waals surface area (Å²) in [5.41, 5.74) is 2.88. The maximum Gasteiger partial charge on any atom is 0.0676 e. The van der Waals surface area contributed by atoms with E-state index in [9.17, 15) is 0 Å². The topological polar surface area (TPSA) is 29.9 Å². The van der Waals surface area contributed by atoms with Crippen molar-refractivity contribution in [2.75, 3.05) is 13.1 Å². The zero-order chi connectivity index (χ0) is 11.1. The molecule has 1 N–H and O–H groups in total. The molecule has 3 heteroatoms. The Balaban J connectivity index is 2.30. The lowest BCUT2D eigenvalue weighted by Crippen LogP contribution is -2.24. The van der Waals surface area contributed by atoms with Crippen molar-refractivity contribution >= 4 is 0 Å². The zero-order valence-corrected chi connectivity index (χ0v) is 10.2. The monoisotopic (exact) mass is 207 g/mol. The number of aromatic nitrogens is 2. The minimum Gasteiger partial charge on any atom is -0.315 e. The molecule has 1 fully saturated rings. The minimum atomic E-state index is 0.376. The number of rotatable bonds is 2. The fraction of sp³-hybridized carbons (Fsp3) is 0.750. The van der Waals surface area contributed by atoms with Crippen molar-refractivity contribution in [3.8, 4) is 0 Å². The highest BCUT2D eigenvalue weighted by Gasteiger charge is 2.39. The van der Waals surface area contributed by atoms with Crippen molar-refractivity contribution in [2.24, 2.45) is 12.5 Å². The highest BCUT2D eigenvalue weighted by molar-refractivity contribution is 5.19.